The zero-order valence-corrected chi connectivity index (χ0v) is 18.4. The second-order valence-corrected chi connectivity index (χ2v) is 9.46. The van der Waals surface area contributed by atoms with Crippen molar-refractivity contribution in [2.75, 3.05) is 0 Å². The first-order valence-electron chi connectivity index (χ1n) is 10.9. The highest BCUT2D eigenvalue weighted by Crippen LogP contribution is 2.41. The quantitative estimate of drug-likeness (QED) is 0.178. The lowest BCUT2D eigenvalue weighted by Gasteiger charge is -2.15. The molecule has 30 heavy (non-hydrogen) atoms. The lowest BCUT2D eigenvalue weighted by molar-refractivity contribution is -0.643. The van der Waals surface area contributed by atoms with Crippen LogP contribution in [0.3, 0.4) is 0 Å². The van der Waals surface area contributed by atoms with Gasteiger partial charge in [0.15, 0.2) is 6.20 Å². The molecule has 2 heteroatoms. The van der Waals surface area contributed by atoms with Crippen LogP contribution >= 0.6 is 0 Å². The predicted molar refractivity (Wildman–Crippen MR) is 128 cm³/mol. The van der Waals surface area contributed by atoms with Crippen LogP contribution in [0.1, 0.15) is 30.5 Å². The summed E-state index contributed by atoms with van der Waals surface area (Å²) in [5.74, 6) is 0.635. The van der Waals surface area contributed by atoms with Gasteiger partial charge in [0.1, 0.15) is 7.05 Å². The molecule has 0 atom stereocenters. The van der Waals surface area contributed by atoms with Gasteiger partial charge in [0.25, 0.3) is 0 Å². The van der Waals surface area contributed by atoms with Crippen molar-refractivity contribution in [3.63, 3.8) is 0 Å². The Morgan fingerprint density at radius 1 is 0.867 bits per heavy atom. The van der Waals surface area contributed by atoms with Crippen LogP contribution in [-0.2, 0) is 13.5 Å². The van der Waals surface area contributed by atoms with Gasteiger partial charge in [-0.25, -0.2) is 4.57 Å². The molecular formula is C28H27N2+. The number of fused-ring (bicyclic) bond motifs is 5. The number of pyridine rings is 2. The number of hydrogen-bond acceptors (Lipinski definition) is 0. The second kappa shape index (κ2) is 5.95. The molecular weight excluding hydrogens is 364 g/mol. The smallest absolute Gasteiger partial charge is 0.224 e. The third-order valence-corrected chi connectivity index (χ3v) is 6.69. The van der Waals surface area contributed by atoms with Crippen LogP contribution in [0, 0.1) is 19.8 Å². The van der Waals surface area contributed by atoms with Crippen molar-refractivity contribution in [2.24, 2.45) is 13.0 Å². The second-order valence-electron chi connectivity index (χ2n) is 9.46. The largest absolute Gasteiger partial charge is 0.307 e. The Hall–Kier alpha value is -3.13. The molecule has 0 aliphatic rings. The Morgan fingerprint density at radius 3 is 2.50 bits per heavy atom. The first-order chi connectivity index (χ1) is 14.4. The molecule has 148 valence electrons. The number of aryl methyl sites for hydroxylation is 3. The summed E-state index contributed by atoms with van der Waals surface area (Å²) in [6.45, 7) is 9.04. The third kappa shape index (κ3) is 2.22. The highest BCUT2D eigenvalue weighted by molar-refractivity contribution is 6.25. The minimum absolute atomic E-state index is 0.635. The first kappa shape index (κ1) is 17.7. The number of hydrogen-bond donors (Lipinski definition) is 0. The summed E-state index contributed by atoms with van der Waals surface area (Å²) in [6.07, 6.45) is 3.32. The van der Waals surface area contributed by atoms with Gasteiger partial charge < -0.3 is 4.40 Å². The fourth-order valence-electron chi connectivity index (χ4n) is 5.48. The molecule has 0 saturated carbocycles. The summed E-state index contributed by atoms with van der Waals surface area (Å²) >= 11 is 0. The van der Waals surface area contributed by atoms with Crippen LogP contribution in [0.2, 0.25) is 0 Å². The zero-order valence-electron chi connectivity index (χ0n) is 18.4. The van der Waals surface area contributed by atoms with E-state index < -0.39 is 0 Å². The normalized spacial score (nSPS) is 12.6. The van der Waals surface area contributed by atoms with Crippen LogP contribution in [0.4, 0.5) is 0 Å². The Labute approximate surface area is 176 Å². The molecule has 0 fully saturated rings. The molecule has 3 aromatic carbocycles. The van der Waals surface area contributed by atoms with E-state index in [1.165, 1.54) is 65.7 Å². The number of aromatic nitrogens is 2. The van der Waals surface area contributed by atoms with E-state index in [0.29, 0.717) is 5.92 Å². The Morgan fingerprint density at radius 2 is 1.70 bits per heavy atom. The van der Waals surface area contributed by atoms with E-state index in [1.54, 1.807) is 0 Å². The lowest BCUT2D eigenvalue weighted by atomic mass is 9.96. The summed E-state index contributed by atoms with van der Waals surface area (Å²) in [5.41, 5.74) is 9.40. The molecule has 6 aromatic rings. The Bertz CT molecular complexity index is 1620. The number of nitrogens with zero attached hydrogens (tertiary/aromatic N) is 2. The number of benzene rings is 3. The van der Waals surface area contributed by atoms with Crippen LogP contribution in [0.25, 0.3) is 49.0 Å². The predicted octanol–water partition coefficient (Wildman–Crippen LogP) is 6.63. The third-order valence-electron chi connectivity index (χ3n) is 6.69. The molecule has 0 N–H and O–H groups in total. The Balaban J connectivity index is 2.00. The molecule has 0 radical (unpaired) electrons. The van der Waals surface area contributed by atoms with Gasteiger partial charge in [-0.1, -0.05) is 43.7 Å². The molecule has 3 heterocycles. The maximum Gasteiger partial charge on any atom is 0.224 e. The number of rotatable bonds is 2. The van der Waals surface area contributed by atoms with Gasteiger partial charge >= 0.3 is 0 Å². The van der Waals surface area contributed by atoms with Crippen molar-refractivity contribution < 1.29 is 4.57 Å². The van der Waals surface area contributed by atoms with Crippen molar-refractivity contribution in [1.29, 1.82) is 0 Å². The van der Waals surface area contributed by atoms with Crippen LogP contribution in [0.5, 0.6) is 0 Å². The van der Waals surface area contributed by atoms with Crippen molar-refractivity contribution in [2.45, 2.75) is 34.1 Å². The first-order valence-corrected chi connectivity index (χ1v) is 10.9. The van der Waals surface area contributed by atoms with Gasteiger partial charge in [-0.15, -0.1) is 0 Å². The fourth-order valence-corrected chi connectivity index (χ4v) is 5.48. The fraction of sp³-hybridized carbons (Fsp3) is 0.250. The summed E-state index contributed by atoms with van der Waals surface area (Å²) in [4.78, 5) is 0. The summed E-state index contributed by atoms with van der Waals surface area (Å²) in [6, 6.07) is 18.6. The Kier molecular flexibility index (Phi) is 3.51. The van der Waals surface area contributed by atoms with Crippen molar-refractivity contribution in [1.82, 2.24) is 4.40 Å². The molecule has 0 aliphatic heterocycles. The van der Waals surface area contributed by atoms with Crippen LogP contribution < -0.4 is 4.57 Å². The maximum atomic E-state index is 2.53. The highest BCUT2D eigenvalue weighted by atomic mass is 15.0. The summed E-state index contributed by atoms with van der Waals surface area (Å²) < 4.78 is 4.84. The average Bonchev–Trinajstić information content (AvgIpc) is 3.02. The molecule has 0 aliphatic carbocycles. The standard InChI is InChI=1S/C28H27N2/c1-16(2)12-19-14-20-10-11-29(5)28-25-18(4)7-8-21-22-13-17(3)6-9-23(22)30(27(21)25)24(15-19)26(20)28/h6-11,13-16H,12H2,1-5H3/q+1. The highest BCUT2D eigenvalue weighted by Gasteiger charge is 2.24. The molecule has 0 saturated heterocycles. The van der Waals surface area contributed by atoms with Gasteiger partial charge in [0, 0.05) is 16.8 Å². The maximum absolute atomic E-state index is 2.53. The van der Waals surface area contributed by atoms with Gasteiger partial charge in [0.05, 0.1) is 27.3 Å². The van der Waals surface area contributed by atoms with E-state index in [9.17, 15) is 0 Å². The zero-order chi connectivity index (χ0) is 20.7. The van der Waals surface area contributed by atoms with Gasteiger partial charge in [-0.05, 0) is 60.9 Å². The monoisotopic (exact) mass is 391 g/mol. The van der Waals surface area contributed by atoms with Gasteiger partial charge in [-0.3, -0.25) is 0 Å². The van der Waals surface area contributed by atoms with Crippen molar-refractivity contribution in [3.8, 4) is 0 Å². The van der Waals surface area contributed by atoms with E-state index in [2.05, 4.69) is 98.4 Å². The average molecular weight is 392 g/mol. The van der Waals surface area contributed by atoms with Gasteiger partial charge in [-0.2, -0.15) is 0 Å². The van der Waals surface area contributed by atoms with E-state index in [-0.39, 0.29) is 0 Å². The molecule has 0 amide bonds. The van der Waals surface area contributed by atoms with E-state index in [4.69, 9.17) is 0 Å². The van der Waals surface area contributed by atoms with E-state index >= 15 is 0 Å². The SMILES string of the molecule is Cc1ccc2c(c1)c1ccc(C)c3c1n2c1cc(CC(C)C)cc2cc[n+](C)c3c21. The molecule has 0 bridgehead atoms. The topological polar surface area (TPSA) is 8.29 Å². The molecule has 3 aromatic heterocycles. The molecule has 2 nitrogen and oxygen atoms in total. The molecule has 0 unspecified atom stereocenters. The lowest BCUT2D eigenvalue weighted by Crippen LogP contribution is -2.29. The van der Waals surface area contributed by atoms with Crippen LogP contribution in [0.15, 0.2) is 54.7 Å². The van der Waals surface area contributed by atoms with Crippen LogP contribution in [-0.4, -0.2) is 4.40 Å². The minimum Gasteiger partial charge on any atom is -0.307 e. The molecule has 6 rings (SSSR count). The van der Waals surface area contributed by atoms with Gasteiger partial charge in [0.2, 0.25) is 5.52 Å². The summed E-state index contributed by atoms with van der Waals surface area (Å²) in [7, 11) is 2.18. The van der Waals surface area contributed by atoms with Crippen molar-refractivity contribution >= 4 is 49.0 Å². The minimum atomic E-state index is 0.635. The van der Waals surface area contributed by atoms with E-state index in [1.807, 2.05) is 0 Å². The van der Waals surface area contributed by atoms with Crippen molar-refractivity contribution in [3.05, 3.63) is 71.4 Å². The van der Waals surface area contributed by atoms with E-state index in [0.717, 1.165) is 6.42 Å². The summed E-state index contributed by atoms with van der Waals surface area (Å²) in [5, 5.41) is 6.79. The molecule has 0 spiro atoms.